The lowest BCUT2D eigenvalue weighted by Gasteiger charge is -2.32. The summed E-state index contributed by atoms with van der Waals surface area (Å²) in [6, 6.07) is 7.70. The van der Waals surface area contributed by atoms with Crippen molar-refractivity contribution in [3.05, 3.63) is 46.8 Å². The lowest BCUT2D eigenvalue weighted by atomic mass is 9.96. The number of fused-ring (bicyclic) bond motifs is 1. The van der Waals surface area contributed by atoms with Crippen LogP contribution >= 0.6 is 0 Å². The molecule has 3 amide bonds. The molecule has 0 spiro atoms. The highest BCUT2D eigenvalue weighted by atomic mass is 16.2. The number of hydrogen-bond donors (Lipinski definition) is 1. The van der Waals surface area contributed by atoms with Gasteiger partial charge in [-0.1, -0.05) is 32.0 Å². The van der Waals surface area contributed by atoms with Crippen molar-refractivity contribution in [1.29, 1.82) is 0 Å². The molecule has 3 heterocycles. The van der Waals surface area contributed by atoms with Crippen molar-refractivity contribution in [2.24, 2.45) is 18.9 Å². The van der Waals surface area contributed by atoms with Gasteiger partial charge in [0, 0.05) is 63.0 Å². The number of carbonyl (C=O) groups excluding carboxylic acids is 3. The summed E-state index contributed by atoms with van der Waals surface area (Å²) >= 11 is 0. The minimum absolute atomic E-state index is 0.0553. The molecule has 1 fully saturated rings. The molecule has 182 valence electrons. The van der Waals surface area contributed by atoms with Gasteiger partial charge in [-0.15, -0.1) is 0 Å². The molecule has 0 radical (unpaired) electrons. The molecule has 0 bridgehead atoms. The van der Waals surface area contributed by atoms with Crippen molar-refractivity contribution in [3.8, 4) is 0 Å². The smallest absolute Gasteiger partial charge is 0.274 e. The Morgan fingerprint density at radius 2 is 1.91 bits per heavy atom. The lowest BCUT2D eigenvalue weighted by molar-refractivity contribution is -0.133. The largest absolute Gasteiger partial charge is 0.338 e. The molecule has 1 N–H and O–H groups in total. The van der Waals surface area contributed by atoms with Gasteiger partial charge >= 0.3 is 0 Å². The molecular weight excluding hydrogens is 430 g/mol. The average Bonchev–Trinajstić information content (AvgIpc) is 3.15. The van der Waals surface area contributed by atoms with E-state index in [0.717, 1.165) is 35.3 Å². The first kappa shape index (κ1) is 24.0. The van der Waals surface area contributed by atoms with E-state index < -0.39 is 0 Å². The fourth-order valence-corrected chi connectivity index (χ4v) is 4.93. The highest BCUT2D eigenvalue weighted by Gasteiger charge is 2.34. The van der Waals surface area contributed by atoms with Gasteiger partial charge in [0.15, 0.2) is 5.69 Å². The van der Waals surface area contributed by atoms with Gasteiger partial charge in [-0.25, -0.2) is 0 Å². The van der Waals surface area contributed by atoms with Crippen LogP contribution in [0.3, 0.4) is 0 Å². The quantitative estimate of drug-likeness (QED) is 0.735. The van der Waals surface area contributed by atoms with Gasteiger partial charge in [0.05, 0.1) is 5.92 Å². The van der Waals surface area contributed by atoms with Crippen LogP contribution < -0.4 is 5.32 Å². The summed E-state index contributed by atoms with van der Waals surface area (Å²) in [6.45, 7) is 8.08. The predicted molar refractivity (Wildman–Crippen MR) is 130 cm³/mol. The topological polar surface area (TPSA) is 87.5 Å². The van der Waals surface area contributed by atoms with Crippen LogP contribution in [0.25, 0.3) is 0 Å². The van der Waals surface area contributed by atoms with E-state index in [1.165, 1.54) is 0 Å². The SMILES string of the molecule is Cc1ccccc1NC(=O)[C@H]1CCCN(C(=O)c2nn(C)c3c2CN(C(=O)CC(C)C)CC3)C1. The number of carbonyl (C=O) groups is 3. The number of likely N-dealkylation sites (tertiary alicyclic amines) is 1. The number of para-hydroxylation sites is 1. The maximum atomic E-state index is 13.5. The van der Waals surface area contributed by atoms with E-state index in [4.69, 9.17) is 0 Å². The molecule has 1 saturated heterocycles. The van der Waals surface area contributed by atoms with Crippen LogP contribution in [0.15, 0.2) is 24.3 Å². The molecule has 0 unspecified atom stereocenters. The first-order valence-corrected chi connectivity index (χ1v) is 12.2. The molecule has 2 aliphatic heterocycles. The summed E-state index contributed by atoms with van der Waals surface area (Å²) in [5, 5.41) is 7.58. The van der Waals surface area contributed by atoms with Crippen LogP contribution in [0.2, 0.25) is 0 Å². The first-order valence-electron chi connectivity index (χ1n) is 12.2. The third-order valence-corrected chi connectivity index (χ3v) is 6.86. The zero-order chi connectivity index (χ0) is 24.4. The number of aromatic nitrogens is 2. The van der Waals surface area contributed by atoms with Gasteiger partial charge < -0.3 is 15.1 Å². The normalized spacial score (nSPS) is 18.1. The number of hydrogen-bond acceptors (Lipinski definition) is 4. The maximum absolute atomic E-state index is 13.5. The molecule has 1 aromatic heterocycles. The number of amides is 3. The van der Waals surface area contributed by atoms with E-state index in [1.54, 1.807) is 9.58 Å². The Labute approximate surface area is 201 Å². The van der Waals surface area contributed by atoms with Crippen LogP contribution in [0.4, 0.5) is 5.69 Å². The summed E-state index contributed by atoms with van der Waals surface area (Å²) in [4.78, 5) is 42.7. The van der Waals surface area contributed by atoms with Gasteiger partial charge in [0.2, 0.25) is 11.8 Å². The van der Waals surface area contributed by atoms with Gasteiger partial charge in [-0.05, 0) is 37.3 Å². The zero-order valence-electron chi connectivity index (χ0n) is 20.6. The Morgan fingerprint density at radius 3 is 2.65 bits per heavy atom. The number of piperidine rings is 1. The average molecular weight is 466 g/mol. The van der Waals surface area contributed by atoms with E-state index in [-0.39, 0.29) is 23.6 Å². The molecule has 0 aliphatic carbocycles. The Balaban J connectivity index is 1.47. The summed E-state index contributed by atoms with van der Waals surface area (Å²) in [5.41, 5.74) is 4.10. The number of anilines is 1. The van der Waals surface area contributed by atoms with Gasteiger partial charge in [0.1, 0.15) is 0 Å². The Kier molecular flexibility index (Phi) is 7.05. The highest BCUT2D eigenvalue weighted by molar-refractivity contribution is 5.96. The predicted octanol–water partition coefficient (Wildman–Crippen LogP) is 3.15. The third kappa shape index (κ3) is 5.00. The molecule has 8 heteroatoms. The van der Waals surface area contributed by atoms with Crippen LogP contribution in [0, 0.1) is 18.8 Å². The third-order valence-electron chi connectivity index (χ3n) is 6.86. The van der Waals surface area contributed by atoms with Crippen molar-refractivity contribution in [2.75, 3.05) is 25.0 Å². The van der Waals surface area contributed by atoms with E-state index in [1.807, 2.05) is 57.0 Å². The molecule has 34 heavy (non-hydrogen) atoms. The minimum Gasteiger partial charge on any atom is -0.338 e. The van der Waals surface area contributed by atoms with E-state index in [2.05, 4.69) is 10.4 Å². The summed E-state index contributed by atoms with van der Waals surface area (Å²) in [7, 11) is 1.86. The van der Waals surface area contributed by atoms with Crippen LogP contribution in [0.1, 0.15) is 60.4 Å². The summed E-state index contributed by atoms with van der Waals surface area (Å²) in [5.74, 6) is -0.0570. The Bertz CT molecular complexity index is 1090. The van der Waals surface area contributed by atoms with Crippen molar-refractivity contribution >= 4 is 23.4 Å². The van der Waals surface area contributed by atoms with Crippen molar-refractivity contribution in [2.45, 2.75) is 53.0 Å². The van der Waals surface area contributed by atoms with Crippen molar-refractivity contribution in [3.63, 3.8) is 0 Å². The van der Waals surface area contributed by atoms with Crippen LogP contribution in [0.5, 0.6) is 0 Å². The van der Waals surface area contributed by atoms with E-state index in [9.17, 15) is 14.4 Å². The molecule has 8 nitrogen and oxygen atoms in total. The van der Waals surface area contributed by atoms with E-state index in [0.29, 0.717) is 50.6 Å². The maximum Gasteiger partial charge on any atom is 0.274 e. The van der Waals surface area contributed by atoms with Gasteiger partial charge in [0.25, 0.3) is 5.91 Å². The molecule has 2 aromatic rings. The zero-order valence-corrected chi connectivity index (χ0v) is 20.6. The Morgan fingerprint density at radius 1 is 1.15 bits per heavy atom. The molecule has 0 saturated carbocycles. The van der Waals surface area contributed by atoms with E-state index >= 15 is 0 Å². The second kappa shape index (κ2) is 9.99. The fraction of sp³-hybridized carbons (Fsp3) is 0.538. The standard InChI is InChI=1S/C26H35N5O3/c1-17(2)14-23(32)30-13-11-22-20(16-30)24(28-29(22)4)26(34)31-12-7-9-19(15-31)25(33)27-21-10-6-5-8-18(21)3/h5-6,8,10,17,19H,7,9,11-16H2,1-4H3,(H,27,33)/t19-/m0/s1. The summed E-state index contributed by atoms with van der Waals surface area (Å²) < 4.78 is 1.78. The molecule has 1 aromatic carbocycles. The minimum atomic E-state index is -0.263. The molecule has 2 aliphatic rings. The molecular formula is C26H35N5O3. The lowest BCUT2D eigenvalue weighted by Crippen LogP contribution is -2.44. The van der Waals surface area contributed by atoms with Crippen molar-refractivity contribution in [1.82, 2.24) is 19.6 Å². The highest BCUT2D eigenvalue weighted by Crippen LogP contribution is 2.27. The number of benzene rings is 1. The number of aryl methyl sites for hydroxylation is 2. The Hall–Kier alpha value is -3.16. The van der Waals surface area contributed by atoms with Crippen LogP contribution in [-0.4, -0.2) is 56.9 Å². The van der Waals surface area contributed by atoms with Gasteiger partial charge in [-0.2, -0.15) is 5.10 Å². The monoisotopic (exact) mass is 465 g/mol. The summed E-state index contributed by atoms with van der Waals surface area (Å²) in [6.07, 6.45) is 2.71. The second-order valence-electron chi connectivity index (χ2n) is 9.96. The molecule has 1 atom stereocenters. The molecule has 4 rings (SSSR count). The number of rotatable bonds is 5. The number of nitrogens with zero attached hydrogens (tertiary/aromatic N) is 4. The van der Waals surface area contributed by atoms with Crippen LogP contribution in [-0.2, 0) is 29.6 Å². The first-order chi connectivity index (χ1) is 16.2. The second-order valence-corrected chi connectivity index (χ2v) is 9.96. The van der Waals surface area contributed by atoms with Crippen molar-refractivity contribution < 1.29 is 14.4 Å². The number of nitrogens with one attached hydrogen (secondary N) is 1. The fourth-order valence-electron chi connectivity index (χ4n) is 4.93. The van der Waals surface area contributed by atoms with Gasteiger partial charge in [-0.3, -0.25) is 19.1 Å².